The summed E-state index contributed by atoms with van der Waals surface area (Å²) < 4.78 is 31.5. The average Bonchev–Trinajstić information content (AvgIpc) is 2.29. The SMILES string of the molecule is CCOc1ccccc1C(C)(NC)C(F)F. The standard InChI is InChI=1S/C12H17F2NO/c1-4-16-10-8-6-5-7-9(10)12(2,15-3)11(13)14/h5-8,11,15H,4H2,1-3H3. The van der Waals surface area contributed by atoms with Crippen LogP contribution >= 0.6 is 0 Å². The summed E-state index contributed by atoms with van der Waals surface area (Å²) in [5.41, 5.74) is -0.902. The molecule has 0 saturated carbocycles. The number of halogens is 2. The van der Waals surface area contributed by atoms with E-state index >= 15 is 0 Å². The molecule has 0 fully saturated rings. The number of alkyl halides is 2. The first kappa shape index (κ1) is 12.9. The summed E-state index contributed by atoms with van der Waals surface area (Å²) in [6, 6.07) is 6.87. The molecule has 0 amide bonds. The summed E-state index contributed by atoms with van der Waals surface area (Å²) >= 11 is 0. The molecule has 1 unspecified atom stereocenters. The first-order valence-electron chi connectivity index (χ1n) is 5.25. The minimum Gasteiger partial charge on any atom is -0.494 e. The van der Waals surface area contributed by atoms with Crippen molar-refractivity contribution in [3.63, 3.8) is 0 Å². The second-order valence-electron chi connectivity index (χ2n) is 3.68. The molecule has 1 aromatic rings. The smallest absolute Gasteiger partial charge is 0.260 e. The zero-order chi connectivity index (χ0) is 12.2. The van der Waals surface area contributed by atoms with Crippen molar-refractivity contribution in [2.45, 2.75) is 25.8 Å². The van der Waals surface area contributed by atoms with Gasteiger partial charge in [0, 0.05) is 5.56 Å². The molecule has 0 aliphatic rings. The van der Waals surface area contributed by atoms with Crippen LogP contribution in [0.5, 0.6) is 5.75 Å². The van der Waals surface area contributed by atoms with Gasteiger partial charge >= 0.3 is 0 Å². The van der Waals surface area contributed by atoms with Crippen LogP contribution in [0.3, 0.4) is 0 Å². The van der Waals surface area contributed by atoms with Crippen LogP contribution in [0.1, 0.15) is 19.4 Å². The summed E-state index contributed by atoms with van der Waals surface area (Å²) in [5, 5.41) is 2.66. The second kappa shape index (κ2) is 5.25. The Morgan fingerprint density at radius 1 is 1.38 bits per heavy atom. The zero-order valence-electron chi connectivity index (χ0n) is 9.76. The van der Waals surface area contributed by atoms with E-state index in [-0.39, 0.29) is 0 Å². The van der Waals surface area contributed by atoms with Crippen LogP contribution in [0, 0.1) is 0 Å². The van der Waals surface area contributed by atoms with Crippen LogP contribution in [0.15, 0.2) is 24.3 Å². The Balaban J connectivity index is 3.18. The summed E-state index contributed by atoms with van der Waals surface area (Å²) in [4.78, 5) is 0. The van der Waals surface area contributed by atoms with Crippen molar-refractivity contribution in [1.29, 1.82) is 0 Å². The third-order valence-electron chi connectivity index (χ3n) is 2.70. The first-order chi connectivity index (χ1) is 7.56. The van der Waals surface area contributed by atoms with Gasteiger partial charge in [0.15, 0.2) is 0 Å². The average molecular weight is 229 g/mol. The molecule has 1 rings (SSSR count). The lowest BCUT2D eigenvalue weighted by Gasteiger charge is -2.30. The largest absolute Gasteiger partial charge is 0.494 e. The molecule has 0 spiro atoms. The number of nitrogens with one attached hydrogen (secondary N) is 1. The van der Waals surface area contributed by atoms with Gasteiger partial charge in [-0.3, -0.25) is 0 Å². The van der Waals surface area contributed by atoms with Gasteiger partial charge in [-0.25, -0.2) is 8.78 Å². The molecule has 2 nitrogen and oxygen atoms in total. The van der Waals surface area contributed by atoms with Crippen LogP contribution < -0.4 is 10.1 Å². The van der Waals surface area contributed by atoms with E-state index < -0.39 is 12.0 Å². The van der Waals surface area contributed by atoms with Gasteiger partial charge in [0.2, 0.25) is 0 Å². The molecule has 90 valence electrons. The minimum atomic E-state index is -2.50. The Morgan fingerprint density at radius 2 is 2.00 bits per heavy atom. The first-order valence-corrected chi connectivity index (χ1v) is 5.25. The number of hydrogen-bond donors (Lipinski definition) is 1. The maximum atomic E-state index is 13.1. The maximum Gasteiger partial charge on any atom is 0.260 e. The molecular formula is C12H17F2NO. The lowest BCUT2D eigenvalue weighted by atomic mass is 9.92. The lowest BCUT2D eigenvalue weighted by molar-refractivity contribution is 0.0414. The monoisotopic (exact) mass is 229 g/mol. The van der Waals surface area contributed by atoms with Gasteiger partial charge in [0.05, 0.1) is 6.61 Å². The van der Waals surface area contributed by atoms with Gasteiger partial charge in [-0.2, -0.15) is 0 Å². The fraction of sp³-hybridized carbons (Fsp3) is 0.500. The predicted octanol–water partition coefficient (Wildman–Crippen LogP) is 2.79. The van der Waals surface area contributed by atoms with Crippen molar-refractivity contribution in [3.8, 4) is 5.75 Å². The van der Waals surface area contributed by atoms with Crippen LogP contribution in [0.25, 0.3) is 0 Å². The van der Waals surface area contributed by atoms with E-state index in [0.29, 0.717) is 17.9 Å². The molecule has 0 aliphatic heterocycles. The Bertz CT molecular complexity index is 344. The summed E-state index contributed by atoms with van der Waals surface area (Å²) in [7, 11) is 1.52. The molecule has 0 aromatic heterocycles. The van der Waals surface area contributed by atoms with Gasteiger partial charge in [-0.05, 0) is 27.0 Å². The lowest BCUT2D eigenvalue weighted by Crippen LogP contribution is -2.43. The summed E-state index contributed by atoms with van der Waals surface area (Å²) in [6.45, 7) is 3.76. The quantitative estimate of drug-likeness (QED) is 0.838. The number of rotatable bonds is 5. The minimum absolute atomic E-state index is 0.458. The molecule has 1 N–H and O–H groups in total. The van der Waals surface area contributed by atoms with Gasteiger partial charge in [0.25, 0.3) is 6.43 Å². The highest BCUT2D eigenvalue weighted by atomic mass is 19.3. The van der Waals surface area contributed by atoms with E-state index in [1.165, 1.54) is 14.0 Å². The van der Waals surface area contributed by atoms with E-state index in [4.69, 9.17) is 4.74 Å². The van der Waals surface area contributed by atoms with Gasteiger partial charge < -0.3 is 10.1 Å². The Morgan fingerprint density at radius 3 is 2.50 bits per heavy atom. The molecule has 16 heavy (non-hydrogen) atoms. The van der Waals surface area contributed by atoms with Crippen LogP contribution in [0.4, 0.5) is 8.78 Å². The molecule has 1 atom stereocenters. The molecule has 0 radical (unpaired) electrons. The summed E-state index contributed by atoms with van der Waals surface area (Å²) in [5.74, 6) is 0.502. The number of hydrogen-bond acceptors (Lipinski definition) is 2. The van der Waals surface area contributed by atoms with Crippen molar-refractivity contribution in [1.82, 2.24) is 5.32 Å². The fourth-order valence-corrected chi connectivity index (χ4v) is 1.54. The van der Waals surface area contributed by atoms with Crippen LogP contribution in [-0.4, -0.2) is 20.1 Å². The Kier molecular flexibility index (Phi) is 4.24. The fourth-order valence-electron chi connectivity index (χ4n) is 1.54. The van der Waals surface area contributed by atoms with E-state index in [1.807, 2.05) is 6.92 Å². The van der Waals surface area contributed by atoms with Crippen molar-refractivity contribution >= 4 is 0 Å². The van der Waals surface area contributed by atoms with Gasteiger partial charge in [-0.1, -0.05) is 18.2 Å². The number of benzene rings is 1. The van der Waals surface area contributed by atoms with E-state index in [9.17, 15) is 8.78 Å². The molecule has 0 saturated heterocycles. The Hall–Kier alpha value is -1.16. The Labute approximate surface area is 94.6 Å². The third-order valence-corrected chi connectivity index (χ3v) is 2.70. The molecule has 1 aromatic carbocycles. The van der Waals surface area contributed by atoms with Crippen molar-refractivity contribution in [2.75, 3.05) is 13.7 Å². The van der Waals surface area contributed by atoms with Crippen molar-refractivity contribution in [2.24, 2.45) is 0 Å². The normalized spacial score (nSPS) is 14.9. The molecule has 0 aliphatic carbocycles. The molecule has 0 bridgehead atoms. The topological polar surface area (TPSA) is 21.3 Å². The maximum absolute atomic E-state index is 13.1. The third kappa shape index (κ3) is 2.32. The highest BCUT2D eigenvalue weighted by molar-refractivity contribution is 5.39. The van der Waals surface area contributed by atoms with Crippen molar-refractivity contribution < 1.29 is 13.5 Å². The van der Waals surface area contributed by atoms with E-state index in [2.05, 4.69) is 5.32 Å². The molecule has 4 heteroatoms. The van der Waals surface area contributed by atoms with E-state index in [0.717, 1.165) is 0 Å². The second-order valence-corrected chi connectivity index (χ2v) is 3.68. The number of para-hydroxylation sites is 1. The zero-order valence-corrected chi connectivity index (χ0v) is 9.76. The van der Waals surface area contributed by atoms with E-state index in [1.54, 1.807) is 24.3 Å². The highest BCUT2D eigenvalue weighted by Crippen LogP contribution is 2.34. The number of ether oxygens (including phenoxy) is 1. The van der Waals surface area contributed by atoms with Gasteiger partial charge in [0.1, 0.15) is 11.3 Å². The molecular weight excluding hydrogens is 212 g/mol. The van der Waals surface area contributed by atoms with Crippen LogP contribution in [0.2, 0.25) is 0 Å². The summed E-state index contributed by atoms with van der Waals surface area (Å²) in [6.07, 6.45) is -2.50. The van der Waals surface area contributed by atoms with Crippen molar-refractivity contribution in [3.05, 3.63) is 29.8 Å². The highest BCUT2D eigenvalue weighted by Gasteiger charge is 2.37. The molecule has 0 heterocycles. The predicted molar refractivity (Wildman–Crippen MR) is 60.0 cm³/mol. The van der Waals surface area contributed by atoms with Gasteiger partial charge in [-0.15, -0.1) is 0 Å². The van der Waals surface area contributed by atoms with Crippen LogP contribution in [-0.2, 0) is 5.54 Å².